The molecule has 0 saturated heterocycles. The second kappa shape index (κ2) is 3.57. The van der Waals surface area contributed by atoms with Crippen LogP contribution in [0.4, 0.5) is 4.39 Å². The number of phenolic OH excluding ortho intramolecular Hbond substituents is 1. The molecule has 1 N–H and O–H groups in total. The lowest BCUT2D eigenvalue weighted by atomic mass is 10.3. The van der Waals surface area contributed by atoms with Crippen molar-refractivity contribution in [3.63, 3.8) is 0 Å². The molecule has 0 amide bonds. The van der Waals surface area contributed by atoms with Gasteiger partial charge in [-0.05, 0) is 26.0 Å². The van der Waals surface area contributed by atoms with E-state index in [4.69, 9.17) is 0 Å². The lowest BCUT2D eigenvalue weighted by Gasteiger charge is -2.08. The molecule has 3 nitrogen and oxygen atoms in total. The zero-order valence-electron chi connectivity index (χ0n) is 7.86. The van der Waals surface area contributed by atoms with Gasteiger partial charge in [-0.15, -0.1) is 0 Å². The van der Waals surface area contributed by atoms with Crippen LogP contribution in [0, 0.1) is 5.82 Å². The first kappa shape index (κ1) is 11.0. The van der Waals surface area contributed by atoms with E-state index < -0.39 is 26.7 Å². The Kier molecular flexibility index (Phi) is 2.80. The molecular formula is C9H11FO3S. The molecule has 0 aromatic heterocycles. The standard InChI is InChI=1S/C9H11FO3S/c1-6(2)14(12,13)9-4-3-7(10)5-8(9)11/h3-6,11H,1-2H3. The van der Waals surface area contributed by atoms with Crippen LogP contribution in [-0.2, 0) is 9.84 Å². The van der Waals surface area contributed by atoms with Crippen LogP contribution in [0.5, 0.6) is 5.75 Å². The van der Waals surface area contributed by atoms with Gasteiger partial charge in [-0.2, -0.15) is 0 Å². The molecule has 0 aliphatic rings. The van der Waals surface area contributed by atoms with Gasteiger partial charge in [-0.25, -0.2) is 12.8 Å². The summed E-state index contributed by atoms with van der Waals surface area (Å²) in [5, 5.41) is 8.62. The molecule has 1 rings (SSSR count). The van der Waals surface area contributed by atoms with Crippen molar-refractivity contribution in [1.29, 1.82) is 0 Å². The van der Waals surface area contributed by atoms with E-state index in [0.29, 0.717) is 0 Å². The summed E-state index contributed by atoms with van der Waals surface area (Å²) >= 11 is 0. The molecule has 0 aliphatic heterocycles. The molecule has 0 spiro atoms. The van der Waals surface area contributed by atoms with Gasteiger partial charge in [-0.3, -0.25) is 0 Å². The number of phenols is 1. The van der Waals surface area contributed by atoms with Gasteiger partial charge < -0.3 is 5.11 Å². The highest BCUT2D eigenvalue weighted by molar-refractivity contribution is 7.92. The van der Waals surface area contributed by atoms with Crippen LogP contribution in [0.3, 0.4) is 0 Å². The van der Waals surface area contributed by atoms with Crippen molar-refractivity contribution in [2.45, 2.75) is 24.0 Å². The molecule has 0 heterocycles. The summed E-state index contributed by atoms with van der Waals surface area (Å²) in [4.78, 5) is -0.228. The molecule has 0 unspecified atom stereocenters. The smallest absolute Gasteiger partial charge is 0.184 e. The van der Waals surface area contributed by atoms with Gasteiger partial charge in [0.1, 0.15) is 16.5 Å². The van der Waals surface area contributed by atoms with Crippen LogP contribution in [0.1, 0.15) is 13.8 Å². The second-order valence-corrected chi connectivity index (χ2v) is 5.68. The predicted octanol–water partition coefficient (Wildman–Crippen LogP) is 1.71. The molecular weight excluding hydrogens is 207 g/mol. The Morgan fingerprint density at radius 1 is 1.36 bits per heavy atom. The Hall–Kier alpha value is -1.10. The molecule has 0 saturated carbocycles. The maximum absolute atomic E-state index is 12.6. The van der Waals surface area contributed by atoms with E-state index in [1.54, 1.807) is 0 Å². The number of hydrogen-bond donors (Lipinski definition) is 1. The van der Waals surface area contributed by atoms with Gasteiger partial charge in [0.05, 0.1) is 5.25 Å². The Balaban J connectivity index is 3.35. The van der Waals surface area contributed by atoms with Gasteiger partial charge in [0.25, 0.3) is 0 Å². The van der Waals surface area contributed by atoms with Gasteiger partial charge >= 0.3 is 0 Å². The highest BCUT2D eigenvalue weighted by Gasteiger charge is 2.22. The first-order chi connectivity index (χ1) is 6.35. The van der Waals surface area contributed by atoms with Crippen molar-refractivity contribution in [2.75, 3.05) is 0 Å². The van der Waals surface area contributed by atoms with Crippen molar-refractivity contribution < 1.29 is 17.9 Å². The third-order valence-corrected chi connectivity index (χ3v) is 4.05. The topological polar surface area (TPSA) is 54.4 Å². The number of benzene rings is 1. The SMILES string of the molecule is CC(C)S(=O)(=O)c1ccc(F)cc1O. The molecule has 0 atom stereocenters. The Bertz CT molecular complexity index is 437. The van der Waals surface area contributed by atoms with Crippen molar-refractivity contribution in [3.05, 3.63) is 24.0 Å². The molecule has 1 aromatic carbocycles. The minimum absolute atomic E-state index is 0.228. The summed E-state index contributed by atoms with van der Waals surface area (Å²) in [6.45, 7) is 3.00. The van der Waals surface area contributed by atoms with Crippen LogP contribution < -0.4 is 0 Å². The van der Waals surface area contributed by atoms with Gasteiger partial charge in [0.15, 0.2) is 9.84 Å². The van der Waals surface area contributed by atoms with Gasteiger partial charge in [0, 0.05) is 6.07 Å². The van der Waals surface area contributed by atoms with Crippen molar-refractivity contribution >= 4 is 9.84 Å². The van der Waals surface area contributed by atoms with Crippen LogP contribution >= 0.6 is 0 Å². The third kappa shape index (κ3) is 1.87. The van der Waals surface area contributed by atoms with Gasteiger partial charge in [0.2, 0.25) is 0 Å². The van der Waals surface area contributed by atoms with E-state index in [0.717, 1.165) is 18.2 Å². The van der Waals surface area contributed by atoms with Crippen molar-refractivity contribution in [1.82, 2.24) is 0 Å². The first-order valence-electron chi connectivity index (χ1n) is 4.08. The van der Waals surface area contributed by atoms with E-state index in [9.17, 15) is 17.9 Å². The third-order valence-electron chi connectivity index (χ3n) is 1.85. The molecule has 5 heteroatoms. The largest absolute Gasteiger partial charge is 0.506 e. The number of aromatic hydroxyl groups is 1. The molecule has 0 bridgehead atoms. The molecule has 78 valence electrons. The quantitative estimate of drug-likeness (QED) is 0.769. The summed E-state index contributed by atoms with van der Waals surface area (Å²) in [5.74, 6) is -1.20. The number of hydrogen-bond acceptors (Lipinski definition) is 3. The predicted molar refractivity (Wildman–Crippen MR) is 50.4 cm³/mol. The van der Waals surface area contributed by atoms with E-state index >= 15 is 0 Å². The molecule has 1 aromatic rings. The Morgan fingerprint density at radius 3 is 2.36 bits per heavy atom. The summed E-state index contributed by atoms with van der Waals surface area (Å²) < 4.78 is 35.7. The highest BCUT2D eigenvalue weighted by atomic mass is 32.2. The fourth-order valence-corrected chi connectivity index (χ4v) is 2.10. The molecule has 0 fully saturated rings. The lowest BCUT2D eigenvalue weighted by Crippen LogP contribution is -2.14. The van der Waals surface area contributed by atoms with Crippen LogP contribution in [0.25, 0.3) is 0 Å². The van der Waals surface area contributed by atoms with Crippen molar-refractivity contribution in [3.8, 4) is 5.75 Å². The lowest BCUT2D eigenvalue weighted by molar-refractivity contribution is 0.452. The van der Waals surface area contributed by atoms with Crippen molar-refractivity contribution in [2.24, 2.45) is 0 Å². The number of halogens is 1. The first-order valence-corrected chi connectivity index (χ1v) is 5.62. The summed E-state index contributed by atoms with van der Waals surface area (Å²) in [6, 6.07) is 2.87. The molecule has 14 heavy (non-hydrogen) atoms. The van der Waals surface area contributed by atoms with E-state index in [1.807, 2.05) is 0 Å². The zero-order valence-corrected chi connectivity index (χ0v) is 8.68. The average molecular weight is 218 g/mol. The minimum atomic E-state index is -3.54. The Morgan fingerprint density at radius 2 is 1.93 bits per heavy atom. The summed E-state index contributed by atoms with van der Waals surface area (Å²) in [5.41, 5.74) is 0. The number of rotatable bonds is 2. The maximum Gasteiger partial charge on any atom is 0.184 e. The fraction of sp³-hybridized carbons (Fsp3) is 0.333. The average Bonchev–Trinajstić information content (AvgIpc) is 2.02. The van der Waals surface area contributed by atoms with E-state index in [-0.39, 0.29) is 4.90 Å². The maximum atomic E-state index is 12.6. The summed E-state index contributed by atoms with van der Waals surface area (Å²) in [7, 11) is -3.54. The zero-order chi connectivity index (χ0) is 10.9. The minimum Gasteiger partial charge on any atom is -0.506 e. The van der Waals surface area contributed by atoms with Crippen LogP contribution in [0.2, 0.25) is 0 Å². The normalized spacial score (nSPS) is 12.0. The highest BCUT2D eigenvalue weighted by Crippen LogP contribution is 2.26. The summed E-state index contributed by atoms with van der Waals surface area (Å²) in [6.07, 6.45) is 0. The fourth-order valence-electron chi connectivity index (χ4n) is 0.985. The van der Waals surface area contributed by atoms with Gasteiger partial charge in [-0.1, -0.05) is 0 Å². The second-order valence-electron chi connectivity index (χ2n) is 3.21. The Labute approximate surface area is 82.1 Å². The van der Waals surface area contributed by atoms with E-state index in [2.05, 4.69) is 0 Å². The molecule has 0 aliphatic carbocycles. The van der Waals surface area contributed by atoms with Crippen LogP contribution in [0.15, 0.2) is 23.1 Å². The number of sulfone groups is 1. The van der Waals surface area contributed by atoms with Crippen LogP contribution in [-0.4, -0.2) is 18.8 Å². The van der Waals surface area contributed by atoms with E-state index in [1.165, 1.54) is 13.8 Å². The monoisotopic (exact) mass is 218 g/mol. The molecule has 0 radical (unpaired) electrons.